The van der Waals surface area contributed by atoms with Gasteiger partial charge in [-0.25, -0.2) is 0 Å². The summed E-state index contributed by atoms with van der Waals surface area (Å²) in [6.45, 7) is 10.6. The maximum atomic E-state index is 5.66. The summed E-state index contributed by atoms with van der Waals surface area (Å²) in [7, 11) is 0. The zero-order chi connectivity index (χ0) is 13.1. The van der Waals surface area contributed by atoms with E-state index in [2.05, 4.69) is 31.6 Å². The van der Waals surface area contributed by atoms with Crippen molar-refractivity contribution in [3.05, 3.63) is 0 Å². The smallest absolute Gasteiger partial charge is 0.0598 e. The van der Waals surface area contributed by atoms with Crippen molar-refractivity contribution >= 4 is 0 Å². The maximum Gasteiger partial charge on any atom is 0.0598 e. The lowest BCUT2D eigenvalue weighted by atomic mass is 9.88. The molecule has 0 bridgehead atoms. The van der Waals surface area contributed by atoms with Gasteiger partial charge in [-0.1, -0.05) is 26.7 Å². The van der Waals surface area contributed by atoms with Crippen molar-refractivity contribution in [3.63, 3.8) is 0 Å². The van der Waals surface area contributed by atoms with Crippen molar-refractivity contribution in [2.24, 2.45) is 17.6 Å². The van der Waals surface area contributed by atoms with E-state index in [0.29, 0.717) is 0 Å². The third-order valence-corrected chi connectivity index (χ3v) is 3.38. The summed E-state index contributed by atoms with van der Waals surface area (Å²) < 4.78 is 0. The molecule has 2 nitrogen and oxygen atoms in total. The summed E-state index contributed by atoms with van der Waals surface area (Å²) in [5.74, 6) is 4.26. The van der Waals surface area contributed by atoms with Crippen LogP contribution in [0.15, 0.2) is 0 Å². The third kappa shape index (κ3) is 8.24. The van der Waals surface area contributed by atoms with E-state index in [-0.39, 0.29) is 0 Å². The van der Waals surface area contributed by atoms with Gasteiger partial charge in [0.05, 0.1) is 6.54 Å². The SMILES string of the molecule is C#CCN(CCC)CCCC(CCN)C(C)C. The molecule has 0 aliphatic heterocycles. The highest BCUT2D eigenvalue weighted by atomic mass is 15.1. The Morgan fingerprint density at radius 2 is 1.94 bits per heavy atom. The molecule has 1 unspecified atom stereocenters. The highest BCUT2D eigenvalue weighted by molar-refractivity contribution is 4.88. The van der Waals surface area contributed by atoms with Gasteiger partial charge in [-0.2, -0.15) is 0 Å². The van der Waals surface area contributed by atoms with E-state index in [1.807, 2.05) is 0 Å². The Hall–Kier alpha value is -0.520. The van der Waals surface area contributed by atoms with E-state index in [1.165, 1.54) is 19.3 Å². The molecule has 0 aromatic heterocycles. The zero-order valence-electron chi connectivity index (χ0n) is 11.9. The first-order valence-electron chi connectivity index (χ1n) is 7.01. The van der Waals surface area contributed by atoms with Gasteiger partial charge in [0.2, 0.25) is 0 Å². The predicted molar refractivity (Wildman–Crippen MR) is 76.8 cm³/mol. The van der Waals surface area contributed by atoms with Gasteiger partial charge in [-0.15, -0.1) is 6.42 Å². The number of hydrogen-bond donors (Lipinski definition) is 1. The third-order valence-electron chi connectivity index (χ3n) is 3.38. The Bertz CT molecular complexity index is 205. The number of hydrogen-bond acceptors (Lipinski definition) is 2. The van der Waals surface area contributed by atoms with Gasteiger partial charge >= 0.3 is 0 Å². The van der Waals surface area contributed by atoms with Gasteiger partial charge < -0.3 is 5.73 Å². The maximum absolute atomic E-state index is 5.66. The normalized spacial score (nSPS) is 13.0. The van der Waals surface area contributed by atoms with Crippen LogP contribution in [0.1, 0.15) is 46.5 Å². The summed E-state index contributed by atoms with van der Waals surface area (Å²) >= 11 is 0. The second kappa shape index (κ2) is 10.6. The van der Waals surface area contributed by atoms with E-state index < -0.39 is 0 Å². The molecule has 2 heteroatoms. The molecule has 0 aliphatic rings. The number of nitrogens with zero attached hydrogens (tertiary/aromatic N) is 1. The molecule has 0 saturated carbocycles. The Balaban J connectivity index is 3.87. The van der Waals surface area contributed by atoms with E-state index in [1.54, 1.807) is 0 Å². The fourth-order valence-electron chi connectivity index (χ4n) is 2.32. The Morgan fingerprint density at radius 1 is 1.24 bits per heavy atom. The van der Waals surface area contributed by atoms with Crippen LogP contribution in [0.2, 0.25) is 0 Å². The molecule has 0 amide bonds. The lowest BCUT2D eigenvalue weighted by molar-refractivity contribution is 0.268. The second-order valence-electron chi connectivity index (χ2n) is 5.20. The van der Waals surface area contributed by atoms with E-state index >= 15 is 0 Å². The molecule has 0 spiro atoms. The summed E-state index contributed by atoms with van der Waals surface area (Å²) in [6, 6.07) is 0. The predicted octanol–water partition coefficient (Wildman–Crippen LogP) is 2.73. The van der Waals surface area contributed by atoms with Crippen molar-refractivity contribution < 1.29 is 0 Å². The molecule has 0 fully saturated rings. The summed E-state index contributed by atoms with van der Waals surface area (Å²) in [5.41, 5.74) is 5.66. The minimum atomic E-state index is 0.741. The molecular formula is C15H30N2. The van der Waals surface area contributed by atoms with Gasteiger partial charge in [0.1, 0.15) is 0 Å². The molecule has 0 saturated heterocycles. The Kier molecular flexibility index (Phi) is 10.3. The topological polar surface area (TPSA) is 29.3 Å². The number of rotatable bonds is 10. The second-order valence-corrected chi connectivity index (χ2v) is 5.20. The molecule has 100 valence electrons. The van der Waals surface area contributed by atoms with Gasteiger partial charge in [0.25, 0.3) is 0 Å². The molecule has 0 radical (unpaired) electrons. The van der Waals surface area contributed by atoms with Crippen LogP contribution in [-0.2, 0) is 0 Å². The van der Waals surface area contributed by atoms with Crippen molar-refractivity contribution in [3.8, 4) is 12.3 Å². The monoisotopic (exact) mass is 238 g/mol. The minimum Gasteiger partial charge on any atom is -0.330 e. The highest BCUT2D eigenvalue weighted by Gasteiger charge is 2.12. The first kappa shape index (κ1) is 16.5. The largest absolute Gasteiger partial charge is 0.330 e. The van der Waals surface area contributed by atoms with Crippen molar-refractivity contribution in [2.75, 3.05) is 26.2 Å². The summed E-state index contributed by atoms with van der Waals surface area (Å²) in [6.07, 6.45) is 10.2. The first-order valence-corrected chi connectivity index (χ1v) is 7.01. The molecule has 17 heavy (non-hydrogen) atoms. The molecular weight excluding hydrogens is 208 g/mol. The molecule has 0 aromatic carbocycles. The molecule has 1 atom stereocenters. The standard InChI is InChI=1S/C15H30N2/c1-5-11-17(12-6-2)13-7-8-15(9-10-16)14(3)4/h1,14-15H,6-13,16H2,2-4H3. The van der Waals surface area contributed by atoms with Crippen LogP contribution in [0.5, 0.6) is 0 Å². The fourth-order valence-corrected chi connectivity index (χ4v) is 2.32. The van der Waals surface area contributed by atoms with Gasteiger partial charge in [0.15, 0.2) is 0 Å². The van der Waals surface area contributed by atoms with E-state index in [0.717, 1.165) is 44.4 Å². The van der Waals surface area contributed by atoms with Crippen molar-refractivity contribution in [1.82, 2.24) is 4.90 Å². The quantitative estimate of drug-likeness (QED) is 0.593. The lowest BCUT2D eigenvalue weighted by Gasteiger charge is -2.23. The lowest BCUT2D eigenvalue weighted by Crippen LogP contribution is -2.27. The van der Waals surface area contributed by atoms with Crippen LogP contribution in [0, 0.1) is 24.2 Å². The van der Waals surface area contributed by atoms with Crippen LogP contribution >= 0.6 is 0 Å². The van der Waals surface area contributed by atoms with Gasteiger partial charge in [-0.05, 0) is 57.2 Å². The molecule has 2 N–H and O–H groups in total. The fraction of sp³-hybridized carbons (Fsp3) is 0.867. The van der Waals surface area contributed by atoms with Gasteiger partial charge in [-0.3, -0.25) is 4.90 Å². The summed E-state index contributed by atoms with van der Waals surface area (Å²) in [5, 5.41) is 0. The van der Waals surface area contributed by atoms with Crippen LogP contribution in [0.3, 0.4) is 0 Å². The molecule has 0 heterocycles. The van der Waals surface area contributed by atoms with Crippen LogP contribution in [0.4, 0.5) is 0 Å². The van der Waals surface area contributed by atoms with Crippen LogP contribution < -0.4 is 5.73 Å². The molecule has 0 aliphatic carbocycles. The number of terminal acetylenes is 1. The Labute approximate surface area is 108 Å². The first-order chi connectivity index (χ1) is 8.15. The van der Waals surface area contributed by atoms with Gasteiger partial charge in [0, 0.05) is 0 Å². The number of nitrogens with two attached hydrogens (primary N) is 1. The van der Waals surface area contributed by atoms with Crippen molar-refractivity contribution in [1.29, 1.82) is 0 Å². The molecule has 0 rings (SSSR count). The molecule has 0 aromatic rings. The van der Waals surface area contributed by atoms with E-state index in [4.69, 9.17) is 12.2 Å². The van der Waals surface area contributed by atoms with Crippen LogP contribution in [0.25, 0.3) is 0 Å². The zero-order valence-corrected chi connectivity index (χ0v) is 11.9. The Morgan fingerprint density at radius 3 is 2.41 bits per heavy atom. The van der Waals surface area contributed by atoms with Crippen LogP contribution in [-0.4, -0.2) is 31.1 Å². The van der Waals surface area contributed by atoms with E-state index in [9.17, 15) is 0 Å². The highest BCUT2D eigenvalue weighted by Crippen LogP contribution is 2.20. The minimum absolute atomic E-state index is 0.741. The average molecular weight is 238 g/mol. The van der Waals surface area contributed by atoms with Crippen molar-refractivity contribution in [2.45, 2.75) is 46.5 Å². The summed E-state index contributed by atoms with van der Waals surface area (Å²) in [4.78, 5) is 2.37. The average Bonchev–Trinajstić information content (AvgIpc) is 2.28.